The van der Waals surface area contributed by atoms with Crippen LogP contribution in [0.25, 0.3) is 0 Å². The second-order valence-electron chi connectivity index (χ2n) is 4.68. The van der Waals surface area contributed by atoms with E-state index in [2.05, 4.69) is 12.2 Å². The highest BCUT2D eigenvalue weighted by molar-refractivity contribution is 6.30. The van der Waals surface area contributed by atoms with Gasteiger partial charge < -0.3 is 10.1 Å². The van der Waals surface area contributed by atoms with Crippen LogP contribution in [-0.4, -0.2) is 13.7 Å². The van der Waals surface area contributed by atoms with Gasteiger partial charge in [0.25, 0.3) is 0 Å². The van der Waals surface area contributed by atoms with E-state index in [9.17, 15) is 0 Å². The van der Waals surface area contributed by atoms with Gasteiger partial charge in [-0.05, 0) is 37.1 Å². The number of rotatable bonds is 6. The smallest absolute Gasteiger partial charge is 0.123 e. The molecule has 0 aromatic heterocycles. The Morgan fingerprint density at radius 1 is 1.47 bits per heavy atom. The van der Waals surface area contributed by atoms with Crippen molar-refractivity contribution in [2.24, 2.45) is 5.92 Å². The molecule has 0 radical (unpaired) electrons. The summed E-state index contributed by atoms with van der Waals surface area (Å²) in [6, 6.07) is 6.22. The van der Waals surface area contributed by atoms with Crippen LogP contribution in [0.2, 0.25) is 5.02 Å². The number of benzene rings is 1. The van der Waals surface area contributed by atoms with Crippen molar-refractivity contribution in [3.63, 3.8) is 0 Å². The van der Waals surface area contributed by atoms with E-state index in [0.717, 1.165) is 23.2 Å². The molecule has 1 aliphatic rings. The van der Waals surface area contributed by atoms with Crippen LogP contribution in [0.3, 0.4) is 0 Å². The number of methoxy groups -OCH3 is 1. The predicted octanol–water partition coefficient (Wildman–Crippen LogP) is 3.80. The number of halogens is 1. The summed E-state index contributed by atoms with van der Waals surface area (Å²) in [6.45, 7) is 3.10. The first-order chi connectivity index (χ1) is 8.24. The molecule has 1 fully saturated rings. The van der Waals surface area contributed by atoms with Gasteiger partial charge in [-0.1, -0.05) is 31.4 Å². The lowest BCUT2D eigenvalue weighted by Gasteiger charge is -2.21. The average Bonchev–Trinajstić information content (AvgIpc) is 3.12. The molecule has 94 valence electrons. The predicted molar refractivity (Wildman–Crippen MR) is 71.8 cm³/mol. The van der Waals surface area contributed by atoms with E-state index >= 15 is 0 Å². The van der Waals surface area contributed by atoms with Gasteiger partial charge in [-0.3, -0.25) is 0 Å². The lowest BCUT2D eigenvalue weighted by atomic mass is 10.00. The SMILES string of the molecule is CCNC(CC1CC1)c1cc(Cl)ccc1OC. The highest BCUT2D eigenvalue weighted by Crippen LogP contribution is 2.40. The van der Waals surface area contributed by atoms with Crippen molar-refractivity contribution >= 4 is 11.6 Å². The summed E-state index contributed by atoms with van der Waals surface area (Å²) in [5.74, 6) is 1.81. The van der Waals surface area contributed by atoms with Crippen LogP contribution in [0, 0.1) is 5.92 Å². The number of nitrogens with one attached hydrogen (secondary N) is 1. The van der Waals surface area contributed by atoms with Crippen molar-refractivity contribution in [2.75, 3.05) is 13.7 Å². The van der Waals surface area contributed by atoms with Crippen molar-refractivity contribution in [3.05, 3.63) is 28.8 Å². The van der Waals surface area contributed by atoms with Gasteiger partial charge in [-0.25, -0.2) is 0 Å². The minimum atomic E-state index is 0.362. The van der Waals surface area contributed by atoms with Gasteiger partial charge in [0.05, 0.1) is 7.11 Å². The summed E-state index contributed by atoms with van der Waals surface area (Å²) >= 11 is 6.09. The lowest BCUT2D eigenvalue weighted by molar-refractivity contribution is 0.393. The molecule has 17 heavy (non-hydrogen) atoms. The molecule has 0 saturated heterocycles. The van der Waals surface area contributed by atoms with E-state index in [1.165, 1.54) is 24.8 Å². The zero-order valence-electron chi connectivity index (χ0n) is 10.5. The molecule has 0 heterocycles. The third-order valence-corrected chi connectivity index (χ3v) is 3.52. The van der Waals surface area contributed by atoms with E-state index < -0.39 is 0 Å². The summed E-state index contributed by atoms with van der Waals surface area (Å²) < 4.78 is 5.43. The molecule has 1 atom stereocenters. The normalized spacial score (nSPS) is 16.9. The van der Waals surface area contributed by atoms with Gasteiger partial charge >= 0.3 is 0 Å². The monoisotopic (exact) mass is 253 g/mol. The molecule has 0 spiro atoms. The molecular weight excluding hydrogens is 234 g/mol. The molecule has 1 aromatic rings. The van der Waals surface area contributed by atoms with Crippen LogP contribution in [0.1, 0.15) is 37.8 Å². The average molecular weight is 254 g/mol. The van der Waals surface area contributed by atoms with Crippen LogP contribution < -0.4 is 10.1 Å². The van der Waals surface area contributed by atoms with E-state index in [1.54, 1.807) is 7.11 Å². The first-order valence-corrected chi connectivity index (χ1v) is 6.69. The fourth-order valence-electron chi connectivity index (χ4n) is 2.23. The second-order valence-corrected chi connectivity index (χ2v) is 5.11. The standard InChI is InChI=1S/C14H20ClNO/c1-3-16-13(8-10-4-5-10)12-9-11(15)6-7-14(12)17-2/h6-7,9-10,13,16H,3-5,8H2,1-2H3. The first-order valence-electron chi connectivity index (χ1n) is 6.31. The van der Waals surface area contributed by atoms with Crippen molar-refractivity contribution < 1.29 is 4.74 Å². The maximum atomic E-state index is 6.09. The Kier molecular flexibility index (Phi) is 4.30. The van der Waals surface area contributed by atoms with Gasteiger partial charge in [-0.2, -0.15) is 0 Å². The molecule has 1 aromatic carbocycles. The Balaban J connectivity index is 2.22. The van der Waals surface area contributed by atoms with Crippen LogP contribution in [0.15, 0.2) is 18.2 Å². The van der Waals surface area contributed by atoms with E-state index in [0.29, 0.717) is 6.04 Å². The maximum absolute atomic E-state index is 6.09. The van der Waals surface area contributed by atoms with Crippen LogP contribution in [-0.2, 0) is 0 Å². The first kappa shape index (κ1) is 12.7. The van der Waals surface area contributed by atoms with E-state index in [4.69, 9.17) is 16.3 Å². The Labute approximate surface area is 108 Å². The third-order valence-electron chi connectivity index (χ3n) is 3.28. The molecule has 2 rings (SSSR count). The minimum Gasteiger partial charge on any atom is -0.496 e. The van der Waals surface area contributed by atoms with Crippen LogP contribution in [0.5, 0.6) is 5.75 Å². The molecule has 2 nitrogen and oxygen atoms in total. The largest absolute Gasteiger partial charge is 0.496 e. The summed E-state index contributed by atoms with van der Waals surface area (Å²) in [5, 5.41) is 4.31. The summed E-state index contributed by atoms with van der Waals surface area (Å²) in [6.07, 6.45) is 3.92. The topological polar surface area (TPSA) is 21.3 Å². The van der Waals surface area contributed by atoms with Gasteiger partial charge in [0.1, 0.15) is 5.75 Å². The molecule has 3 heteroatoms. The van der Waals surface area contributed by atoms with Crippen LogP contribution >= 0.6 is 11.6 Å². The third kappa shape index (κ3) is 3.36. The number of hydrogen-bond donors (Lipinski definition) is 1. The fourth-order valence-corrected chi connectivity index (χ4v) is 2.41. The Hall–Kier alpha value is -0.730. The summed E-state index contributed by atoms with van der Waals surface area (Å²) in [7, 11) is 1.72. The molecular formula is C14H20ClNO. The zero-order valence-corrected chi connectivity index (χ0v) is 11.3. The quantitative estimate of drug-likeness (QED) is 0.833. The van der Waals surface area contributed by atoms with Crippen molar-refractivity contribution in [1.29, 1.82) is 0 Å². The molecule has 0 aliphatic heterocycles. The maximum Gasteiger partial charge on any atom is 0.123 e. The molecule has 1 saturated carbocycles. The Morgan fingerprint density at radius 3 is 2.82 bits per heavy atom. The Bertz CT molecular complexity index is 376. The molecule has 1 aliphatic carbocycles. The molecule has 0 amide bonds. The van der Waals surface area contributed by atoms with Gasteiger partial charge in [0.15, 0.2) is 0 Å². The Morgan fingerprint density at radius 2 is 2.24 bits per heavy atom. The lowest BCUT2D eigenvalue weighted by Crippen LogP contribution is -2.22. The molecule has 0 bridgehead atoms. The molecule has 1 unspecified atom stereocenters. The highest BCUT2D eigenvalue weighted by Gasteiger charge is 2.27. The fraction of sp³-hybridized carbons (Fsp3) is 0.571. The summed E-state index contributed by atoms with van der Waals surface area (Å²) in [4.78, 5) is 0. The zero-order chi connectivity index (χ0) is 12.3. The van der Waals surface area contributed by atoms with Crippen molar-refractivity contribution in [1.82, 2.24) is 5.32 Å². The second kappa shape index (κ2) is 5.74. The van der Waals surface area contributed by atoms with E-state index in [-0.39, 0.29) is 0 Å². The number of hydrogen-bond acceptors (Lipinski definition) is 2. The summed E-state index contributed by atoms with van der Waals surface area (Å²) in [5.41, 5.74) is 1.19. The minimum absolute atomic E-state index is 0.362. The van der Waals surface area contributed by atoms with Crippen LogP contribution in [0.4, 0.5) is 0 Å². The van der Waals surface area contributed by atoms with Gasteiger partial charge in [0.2, 0.25) is 0 Å². The van der Waals surface area contributed by atoms with E-state index in [1.807, 2.05) is 18.2 Å². The van der Waals surface area contributed by atoms with Gasteiger partial charge in [-0.15, -0.1) is 0 Å². The highest BCUT2D eigenvalue weighted by atomic mass is 35.5. The van der Waals surface area contributed by atoms with Crippen molar-refractivity contribution in [2.45, 2.75) is 32.2 Å². The molecule has 1 N–H and O–H groups in total. The number of ether oxygens (including phenoxy) is 1. The van der Waals surface area contributed by atoms with Crippen molar-refractivity contribution in [3.8, 4) is 5.75 Å². The van der Waals surface area contributed by atoms with Gasteiger partial charge in [0, 0.05) is 16.6 Å².